The molecule has 0 spiro atoms. The summed E-state index contributed by atoms with van der Waals surface area (Å²) in [6.45, 7) is 7.65. The lowest BCUT2D eigenvalue weighted by Gasteiger charge is -2.37. The summed E-state index contributed by atoms with van der Waals surface area (Å²) in [5.74, 6) is 0.235. The van der Waals surface area contributed by atoms with Crippen molar-refractivity contribution in [2.24, 2.45) is 5.92 Å². The van der Waals surface area contributed by atoms with Crippen LogP contribution in [0, 0.1) is 5.92 Å². The summed E-state index contributed by atoms with van der Waals surface area (Å²) in [5, 5.41) is 10.1. The maximum absolute atomic E-state index is 10.1. The molecule has 2 fully saturated rings. The Labute approximate surface area is 114 Å². The molecule has 0 radical (unpaired) electrons. The third kappa shape index (κ3) is 1.99. The first-order chi connectivity index (χ1) is 9.01. The van der Waals surface area contributed by atoms with Gasteiger partial charge in [-0.25, -0.2) is 5.43 Å². The van der Waals surface area contributed by atoms with E-state index in [0.717, 1.165) is 6.54 Å². The van der Waals surface area contributed by atoms with E-state index in [0.29, 0.717) is 6.04 Å². The molecule has 4 atom stereocenters. The largest absolute Gasteiger partial charge is 0.377 e. The topological polar surface area (TPSA) is 47.5 Å². The molecule has 2 heterocycles. The van der Waals surface area contributed by atoms with E-state index in [1.54, 1.807) is 0 Å². The summed E-state index contributed by atoms with van der Waals surface area (Å²) >= 11 is 0. The highest BCUT2D eigenvalue weighted by Gasteiger charge is 2.56. The number of nitrogens with zero attached hydrogens (tertiary/aromatic N) is 1. The van der Waals surface area contributed by atoms with E-state index in [1.807, 2.05) is 6.07 Å². The molecular formula is C15H23N3O. The zero-order chi connectivity index (χ0) is 13.6. The summed E-state index contributed by atoms with van der Waals surface area (Å²) in [6.07, 6.45) is -0.458. The van der Waals surface area contributed by atoms with Crippen molar-refractivity contribution in [3.05, 3.63) is 35.9 Å². The van der Waals surface area contributed by atoms with Crippen LogP contribution in [0.25, 0.3) is 0 Å². The van der Waals surface area contributed by atoms with Crippen molar-refractivity contribution < 1.29 is 5.11 Å². The summed E-state index contributed by atoms with van der Waals surface area (Å²) in [7, 11) is 0. The Hall–Kier alpha value is -0.940. The van der Waals surface area contributed by atoms with E-state index in [4.69, 9.17) is 0 Å². The molecule has 104 valence electrons. The predicted octanol–water partition coefficient (Wildman–Crippen LogP) is 1.08. The third-order valence-electron chi connectivity index (χ3n) is 4.88. The quantitative estimate of drug-likeness (QED) is 0.745. The highest BCUT2D eigenvalue weighted by Crippen LogP contribution is 2.42. The Morgan fingerprint density at radius 1 is 1.21 bits per heavy atom. The molecule has 0 aromatic heterocycles. The highest BCUT2D eigenvalue weighted by molar-refractivity contribution is 5.18. The molecule has 1 aromatic rings. The molecule has 4 unspecified atom stereocenters. The molecule has 3 N–H and O–H groups in total. The number of rotatable bonds is 2. The van der Waals surface area contributed by atoms with Crippen molar-refractivity contribution in [2.75, 3.05) is 0 Å². The average Bonchev–Trinajstić information content (AvgIpc) is 2.86. The van der Waals surface area contributed by atoms with E-state index in [1.165, 1.54) is 5.56 Å². The van der Waals surface area contributed by atoms with Crippen LogP contribution in [0.5, 0.6) is 0 Å². The monoisotopic (exact) mass is 261 g/mol. The Morgan fingerprint density at radius 2 is 1.89 bits per heavy atom. The van der Waals surface area contributed by atoms with Gasteiger partial charge in [0.2, 0.25) is 0 Å². The fourth-order valence-corrected chi connectivity index (χ4v) is 3.78. The van der Waals surface area contributed by atoms with Crippen molar-refractivity contribution in [3.8, 4) is 0 Å². The number of nitrogens with one attached hydrogen (secondary N) is 2. The molecule has 2 saturated heterocycles. The van der Waals surface area contributed by atoms with Crippen LogP contribution < -0.4 is 10.9 Å². The molecule has 0 aliphatic carbocycles. The minimum Gasteiger partial charge on any atom is -0.377 e. The van der Waals surface area contributed by atoms with E-state index >= 15 is 0 Å². The maximum Gasteiger partial charge on any atom is 0.123 e. The molecule has 4 nitrogen and oxygen atoms in total. The van der Waals surface area contributed by atoms with Crippen molar-refractivity contribution in [1.82, 2.24) is 15.8 Å². The highest BCUT2D eigenvalue weighted by atomic mass is 16.3. The second-order valence-corrected chi connectivity index (χ2v) is 6.30. The molecule has 3 rings (SSSR count). The number of hydrogen-bond donors (Lipinski definition) is 3. The van der Waals surface area contributed by atoms with Crippen LogP contribution in [0.15, 0.2) is 30.3 Å². The van der Waals surface area contributed by atoms with Crippen LogP contribution in [-0.4, -0.2) is 33.9 Å². The molecule has 2 aliphatic rings. The zero-order valence-corrected chi connectivity index (χ0v) is 11.8. The van der Waals surface area contributed by atoms with E-state index in [-0.39, 0.29) is 17.5 Å². The lowest BCUT2D eigenvalue weighted by atomic mass is 9.89. The van der Waals surface area contributed by atoms with Crippen LogP contribution in [0.3, 0.4) is 0 Å². The van der Waals surface area contributed by atoms with Gasteiger partial charge in [-0.3, -0.25) is 10.3 Å². The molecule has 4 heteroatoms. The lowest BCUT2D eigenvalue weighted by molar-refractivity contribution is 0.0583. The Kier molecular flexibility index (Phi) is 3.14. The Morgan fingerprint density at radius 3 is 2.53 bits per heavy atom. The van der Waals surface area contributed by atoms with Gasteiger partial charge >= 0.3 is 0 Å². The Balaban J connectivity index is 1.86. The normalized spacial score (nSPS) is 37.5. The van der Waals surface area contributed by atoms with Crippen LogP contribution in [-0.2, 0) is 6.54 Å². The summed E-state index contributed by atoms with van der Waals surface area (Å²) < 4.78 is 0. The molecule has 19 heavy (non-hydrogen) atoms. The fourth-order valence-electron chi connectivity index (χ4n) is 3.78. The van der Waals surface area contributed by atoms with Crippen LogP contribution in [0.1, 0.15) is 26.3 Å². The molecule has 2 aliphatic heterocycles. The predicted molar refractivity (Wildman–Crippen MR) is 75.1 cm³/mol. The van der Waals surface area contributed by atoms with Crippen LogP contribution >= 0.6 is 0 Å². The van der Waals surface area contributed by atoms with Crippen LogP contribution in [0.4, 0.5) is 0 Å². The number of fused-ring (bicyclic) bond motifs is 1. The number of hydrogen-bond acceptors (Lipinski definition) is 4. The van der Waals surface area contributed by atoms with Gasteiger partial charge in [-0.15, -0.1) is 0 Å². The van der Waals surface area contributed by atoms with Crippen molar-refractivity contribution in [1.29, 1.82) is 0 Å². The lowest BCUT2D eigenvalue weighted by Crippen LogP contribution is -2.53. The number of aliphatic hydroxyl groups is 1. The second-order valence-electron chi connectivity index (χ2n) is 6.30. The van der Waals surface area contributed by atoms with Gasteiger partial charge in [0.05, 0.1) is 0 Å². The first kappa shape index (κ1) is 13.1. The second kappa shape index (κ2) is 4.56. The van der Waals surface area contributed by atoms with Gasteiger partial charge in [0.1, 0.15) is 6.23 Å². The van der Waals surface area contributed by atoms with Gasteiger partial charge in [-0.2, -0.15) is 0 Å². The first-order valence-electron chi connectivity index (χ1n) is 7.01. The van der Waals surface area contributed by atoms with Crippen molar-refractivity contribution >= 4 is 0 Å². The molecule has 0 bridgehead atoms. The van der Waals surface area contributed by atoms with Crippen molar-refractivity contribution in [3.63, 3.8) is 0 Å². The first-order valence-corrected chi connectivity index (χ1v) is 7.01. The molecule has 0 amide bonds. The van der Waals surface area contributed by atoms with E-state index < -0.39 is 6.23 Å². The number of benzene rings is 1. The van der Waals surface area contributed by atoms with Gasteiger partial charge in [0.15, 0.2) is 0 Å². The van der Waals surface area contributed by atoms with Gasteiger partial charge in [0, 0.05) is 30.1 Å². The number of aliphatic hydroxyl groups excluding tert-OH is 1. The standard InChI is InChI=1S/C15H23N3O/c1-10-12-13(16-17-14(12)19)15(2,3)18(10)9-11-7-5-4-6-8-11/h4-8,10,12-14,16-17,19H,9H2,1-3H3. The molecule has 0 saturated carbocycles. The van der Waals surface area contributed by atoms with Gasteiger partial charge < -0.3 is 5.11 Å². The SMILES string of the molecule is CC1C2C(O)NNC2C(C)(C)N1Cc1ccccc1. The van der Waals surface area contributed by atoms with Crippen LogP contribution in [0.2, 0.25) is 0 Å². The summed E-state index contributed by atoms with van der Waals surface area (Å²) in [5.41, 5.74) is 7.58. The van der Waals surface area contributed by atoms with Crippen molar-refractivity contribution in [2.45, 2.75) is 51.2 Å². The number of likely N-dealkylation sites (tertiary alicyclic amines) is 1. The smallest absolute Gasteiger partial charge is 0.123 e. The average molecular weight is 261 g/mol. The molecular weight excluding hydrogens is 238 g/mol. The minimum absolute atomic E-state index is 0.0183. The van der Waals surface area contributed by atoms with E-state index in [2.05, 4.69) is 60.8 Å². The molecule has 1 aromatic carbocycles. The van der Waals surface area contributed by atoms with E-state index in [9.17, 15) is 5.11 Å². The summed E-state index contributed by atoms with van der Waals surface area (Å²) in [4.78, 5) is 2.49. The number of hydrazine groups is 1. The third-order valence-corrected chi connectivity index (χ3v) is 4.88. The van der Waals surface area contributed by atoms with Gasteiger partial charge in [0.25, 0.3) is 0 Å². The summed E-state index contributed by atoms with van der Waals surface area (Å²) in [6, 6.07) is 11.2. The minimum atomic E-state index is -0.458. The van der Waals surface area contributed by atoms with Gasteiger partial charge in [-0.1, -0.05) is 30.3 Å². The van der Waals surface area contributed by atoms with Gasteiger partial charge in [-0.05, 0) is 26.3 Å². The Bertz CT molecular complexity index is 448. The zero-order valence-electron chi connectivity index (χ0n) is 11.8. The maximum atomic E-state index is 10.1. The fraction of sp³-hybridized carbons (Fsp3) is 0.600.